The summed E-state index contributed by atoms with van der Waals surface area (Å²) >= 11 is 0. The molecule has 4 aliphatic rings. The van der Waals surface area contributed by atoms with Gasteiger partial charge in [-0.1, -0.05) is 25.0 Å². The number of carbonyl (C=O) groups is 3. The summed E-state index contributed by atoms with van der Waals surface area (Å²) in [5.41, 5.74) is 4.67. The van der Waals surface area contributed by atoms with E-state index in [9.17, 15) is 14.4 Å². The van der Waals surface area contributed by atoms with Crippen molar-refractivity contribution in [3.05, 3.63) is 66.1 Å². The van der Waals surface area contributed by atoms with Crippen molar-refractivity contribution in [1.29, 1.82) is 0 Å². The van der Waals surface area contributed by atoms with E-state index in [0.717, 1.165) is 100 Å². The van der Waals surface area contributed by atoms with Gasteiger partial charge in [0.05, 0.1) is 11.9 Å². The minimum Gasteiger partial charge on any atom is -0.368 e. The Bertz CT molecular complexity index is 1960. The number of hydrogen-bond acceptors (Lipinski definition) is 10. The quantitative estimate of drug-likeness (QED) is 0.237. The SMILES string of the molecule is CN(C)C(=O)c1cc2cnc(Nc3ccc(N4CCN(C5CCN(CCc6ccc(N7CCC(=O)NC7=O)cc6)CC5)CC4)cn3)nc2n1C1CCCC1. The van der Waals surface area contributed by atoms with E-state index in [2.05, 4.69) is 53.1 Å². The molecular weight excluding hydrogens is 683 g/mol. The summed E-state index contributed by atoms with van der Waals surface area (Å²) in [5.74, 6) is 0.935. The number of nitrogens with zero attached hydrogens (tertiary/aromatic N) is 9. The van der Waals surface area contributed by atoms with Crippen LogP contribution in [0.15, 0.2) is 54.9 Å². The first-order chi connectivity index (χ1) is 26.3. The van der Waals surface area contributed by atoms with Gasteiger partial charge in [0, 0.05) is 89.1 Å². The van der Waals surface area contributed by atoms with Gasteiger partial charge in [0.1, 0.15) is 17.2 Å². The number of amides is 4. The third kappa shape index (κ3) is 7.76. The summed E-state index contributed by atoms with van der Waals surface area (Å²) in [4.78, 5) is 61.8. The first-order valence-corrected chi connectivity index (χ1v) is 19.5. The molecule has 0 unspecified atom stereocenters. The van der Waals surface area contributed by atoms with Crippen LogP contribution in [0.2, 0.25) is 0 Å². The van der Waals surface area contributed by atoms with Crippen LogP contribution in [0.4, 0.5) is 27.9 Å². The summed E-state index contributed by atoms with van der Waals surface area (Å²) in [5, 5.41) is 6.56. The lowest BCUT2D eigenvalue weighted by molar-refractivity contribution is -0.120. The molecule has 3 aromatic heterocycles. The molecule has 14 heteroatoms. The lowest BCUT2D eigenvalue weighted by atomic mass is 10.0. The molecule has 1 aliphatic carbocycles. The Hall–Kier alpha value is -5.08. The van der Waals surface area contributed by atoms with Gasteiger partial charge in [-0.2, -0.15) is 4.98 Å². The zero-order valence-electron chi connectivity index (χ0n) is 31.4. The molecular formula is C40H51N11O3. The maximum atomic E-state index is 13.1. The number of imide groups is 1. The molecule has 2 N–H and O–H groups in total. The third-order valence-corrected chi connectivity index (χ3v) is 11.7. The molecule has 0 spiro atoms. The third-order valence-electron chi connectivity index (χ3n) is 11.7. The van der Waals surface area contributed by atoms with Crippen LogP contribution in [0, 0.1) is 0 Å². The van der Waals surface area contributed by atoms with E-state index in [1.54, 1.807) is 30.1 Å². The van der Waals surface area contributed by atoms with Crippen molar-refractivity contribution >= 4 is 52.0 Å². The Labute approximate surface area is 316 Å². The Balaban J connectivity index is 0.799. The molecule has 0 bridgehead atoms. The van der Waals surface area contributed by atoms with Gasteiger partial charge in [0.25, 0.3) is 5.91 Å². The molecule has 8 rings (SSSR count). The number of rotatable bonds is 10. The van der Waals surface area contributed by atoms with E-state index in [0.29, 0.717) is 36.5 Å². The summed E-state index contributed by atoms with van der Waals surface area (Å²) in [6, 6.07) is 14.8. The van der Waals surface area contributed by atoms with Gasteiger partial charge in [0.2, 0.25) is 11.9 Å². The van der Waals surface area contributed by atoms with Gasteiger partial charge in [-0.25, -0.2) is 14.8 Å². The van der Waals surface area contributed by atoms with Crippen LogP contribution in [-0.2, 0) is 11.2 Å². The highest BCUT2D eigenvalue weighted by atomic mass is 16.2. The molecule has 4 aromatic rings. The molecule has 0 radical (unpaired) electrons. The van der Waals surface area contributed by atoms with E-state index >= 15 is 0 Å². The number of nitrogens with one attached hydrogen (secondary N) is 2. The van der Waals surface area contributed by atoms with Crippen molar-refractivity contribution in [3.63, 3.8) is 0 Å². The molecule has 54 heavy (non-hydrogen) atoms. The normalized spacial score (nSPS) is 19.4. The second-order valence-electron chi connectivity index (χ2n) is 15.3. The molecule has 6 heterocycles. The minimum absolute atomic E-state index is 0.0157. The lowest BCUT2D eigenvalue weighted by Crippen LogP contribution is -2.53. The van der Waals surface area contributed by atoms with Gasteiger partial charge >= 0.3 is 6.03 Å². The molecule has 4 amide bonds. The van der Waals surface area contributed by atoms with Crippen LogP contribution in [0.1, 0.15) is 67.0 Å². The van der Waals surface area contributed by atoms with Crippen molar-refractivity contribution in [1.82, 2.24) is 39.5 Å². The number of benzene rings is 1. The van der Waals surface area contributed by atoms with E-state index < -0.39 is 0 Å². The van der Waals surface area contributed by atoms with Crippen molar-refractivity contribution < 1.29 is 14.4 Å². The molecule has 14 nitrogen and oxygen atoms in total. The highest BCUT2D eigenvalue weighted by Gasteiger charge is 2.29. The number of aromatic nitrogens is 4. The summed E-state index contributed by atoms with van der Waals surface area (Å²) in [6.07, 6.45) is 11.9. The van der Waals surface area contributed by atoms with Gasteiger partial charge in [-0.05, 0) is 81.1 Å². The van der Waals surface area contributed by atoms with Crippen LogP contribution in [0.3, 0.4) is 0 Å². The van der Waals surface area contributed by atoms with Crippen LogP contribution < -0.4 is 20.4 Å². The van der Waals surface area contributed by atoms with Crippen molar-refractivity contribution in [2.75, 3.05) is 81.6 Å². The molecule has 3 saturated heterocycles. The predicted octanol–water partition coefficient (Wildman–Crippen LogP) is 4.66. The van der Waals surface area contributed by atoms with Gasteiger partial charge in [-0.15, -0.1) is 0 Å². The number of likely N-dealkylation sites (tertiary alicyclic amines) is 1. The Morgan fingerprint density at radius 3 is 2.28 bits per heavy atom. The number of anilines is 4. The number of pyridine rings is 1. The molecule has 1 saturated carbocycles. The zero-order valence-corrected chi connectivity index (χ0v) is 31.4. The lowest BCUT2D eigenvalue weighted by Gasteiger charge is -2.43. The van der Waals surface area contributed by atoms with E-state index in [1.165, 1.54) is 18.4 Å². The molecule has 284 valence electrons. The van der Waals surface area contributed by atoms with Gasteiger partial charge in [-0.3, -0.25) is 24.7 Å². The molecule has 4 fully saturated rings. The van der Waals surface area contributed by atoms with Gasteiger partial charge < -0.3 is 24.6 Å². The number of piperidine rings is 1. The highest BCUT2D eigenvalue weighted by molar-refractivity contribution is 6.05. The fourth-order valence-corrected chi connectivity index (χ4v) is 8.55. The highest BCUT2D eigenvalue weighted by Crippen LogP contribution is 2.35. The number of urea groups is 1. The number of carbonyl (C=O) groups excluding carboxylic acids is 3. The van der Waals surface area contributed by atoms with E-state index in [1.807, 2.05) is 30.5 Å². The van der Waals surface area contributed by atoms with Crippen LogP contribution >= 0.6 is 0 Å². The van der Waals surface area contributed by atoms with Crippen LogP contribution in [0.5, 0.6) is 0 Å². The second-order valence-corrected chi connectivity index (χ2v) is 15.3. The average molecular weight is 734 g/mol. The fraction of sp³-hybridized carbons (Fsp3) is 0.500. The first kappa shape index (κ1) is 35.9. The van der Waals surface area contributed by atoms with Crippen molar-refractivity contribution in [3.8, 4) is 0 Å². The zero-order chi connectivity index (χ0) is 37.2. The van der Waals surface area contributed by atoms with E-state index in [4.69, 9.17) is 9.97 Å². The van der Waals surface area contributed by atoms with Crippen LogP contribution in [-0.4, -0.2) is 125 Å². The second kappa shape index (κ2) is 15.7. The topological polar surface area (TPSA) is 135 Å². The summed E-state index contributed by atoms with van der Waals surface area (Å²) < 4.78 is 2.13. The monoisotopic (exact) mass is 733 g/mol. The van der Waals surface area contributed by atoms with Crippen molar-refractivity contribution in [2.45, 2.75) is 63.5 Å². The Kier molecular flexibility index (Phi) is 10.5. The largest absolute Gasteiger partial charge is 0.368 e. The van der Waals surface area contributed by atoms with Crippen molar-refractivity contribution in [2.24, 2.45) is 0 Å². The number of hydrogen-bond donors (Lipinski definition) is 2. The summed E-state index contributed by atoms with van der Waals surface area (Å²) in [7, 11) is 3.58. The Morgan fingerprint density at radius 1 is 0.852 bits per heavy atom. The minimum atomic E-state index is -0.343. The average Bonchev–Trinajstić information content (AvgIpc) is 3.86. The van der Waals surface area contributed by atoms with E-state index in [-0.39, 0.29) is 23.9 Å². The number of piperazine rings is 1. The Morgan fingerprint density at radius 2 is 1.59 bits per heavy atom. The fourth-order valence-electron chi connectivity index (χ4n) is 8.55. The maximum absolute atomic E-state index is 13.1. The molecule has 3 aliphatic heterocycles. The van der Waals surface area contributed by atoms with Gasteiger partial charge in [0.15, 0.2) is 0 Å². The standard InChI is InChI=1S/C40H51N11O3/c1-46(2)38(53)34-25-29-26-42-39(45-37(29)51(34)32-5-3-4-6-32)43-35-12-11-33(27-41-35)49-23-21-48(22-24-49)30-14-18-47(19-15-30)17-13-28-7-9-31(10-8-28)50-20-16-36(52)44-40(50)54/h7-12,25-27,30,32H,3-6,13-24H2,1-2H3,(H,44,52,54)(H,41,42,43,45). The number of fused-ring (bicyclic) bond motifs is 1. The summed E-state index contributed by atoms with van der Waals surface area (Å²) in [6.45, 7) is 7.73. The predicted molar refractivity (Wildman–Crippen MR) is 209 cm³/mol. The molecule has 0 atom stereocenters. The maximum Gasteiger partial charge on any atom is 0.328 e. The molecule has 1 aromatic carbocycles. The van der Waals surface area contributed by atoms with Crippen LogP contribution in [0.25, 0.3) is 11.0 Å². The first-order valence-electron chi connectivity index (χ1n) is 19.5. The smallest absolute Gasteiger partial charge is 0.328 e.